The molecule has 5 N–H and O–H groups in total. The lowest BCUT2D eigenvalue weighted by atomic mass is 9.87. The van der Waals surface area contributed by atoms with E-state index in [9.17, 15) is 24.6 Å². The molecule has 0 unspecified atom stereocenters. The topological polar surface area (TPSA) is 133 Å². The number of pyridine rings is 1. The van der Waals surface area contributed by atoms with Gasteiger partial charge < -0.3 is 20.9 Å². The van der Waals surface area contributed by atoms with Crippen molar-refractivity contribution in [3.8, 4) is 11.1 Å². The Labute approximate surface area is 168 Å². The van der Waals surface area contributed by atoms with Crippen LogP contribution in [-0.2, 0) is 0 Å². The number of rotatable bonds is 3. The smallest absolute Gasteiger partial charge is 0.342 e. The second kappa shape index (κ2) is 6.65. The summed E-state index contributed by atoms with van der Waals surface area (Å²) in [4.78, 5) is 38.6. The van der Waals surface area contributed by atoms with Crippen molar-refractivity contribution < 1.29 is 19.8 Å². The molecule has 3 aromatic carbocycles. The first kappa shape index (κ1) is 18.5. The number of fused-ring (bicyclic) bond motifs is 2. The maximum atomic E-state index is 12.5. The van der Waals surface area contributed by atoms with Gasteiger partial charge in [-0.05, 0) is 16.3 Å². The van der Waals surface area contributed by atoms with Gasteiger partial charge in [0.15, 0.2) is 0 Å². The Morgan fingerprint density at radius 3 is 1.69 bits per heavy atom. The van der Waals surface area contributed by atoms with Crippen molar-refractivity contribution in [3.63, 3.8) is 0 Å². The van der Waals surface area contributed by atoms with Crippen LogP contribution in [0.2, 0.25) is 5.02 Å². The zero-order chi connectivity index (χ0) is 20.9. The average Bonchev–Trinajstić information content (AvgIpc) is 2.67. The van der Waals surface area contributed by atoms with Gasteiger partial charge in [-0.1, -0.05) is 60.1 Å². The van der Waals surface area contributed by atoms with Crippen molar-refractivity contribution >= 4 is 50.9 Å². The summed E-state index contributed by atoms with van der Waals surface area (Å²) in [6.45, 7) is 0. The minimum Gasteiger partial charge on any atom is -0.478 e. The fourth-order valence-electron chi connectivity index (χ4n) is 3.64. The standard InChI is InChI=1S/C21H13ClN2O5/c22-17-11-7-3-1-5-9(11)13(10-6-2-4-8-12(10)17)14-15(20(26)27)18(23)24-19(25)16(14)21(28)29/h1-8H,(H,26,27)(H,28,29)(H3,23,24,25). The molecule has 8 heteroatoms. The molecule has 0 aliphatic heterocycles. The van der Waals surface area contributed by atoms with E-state index in [1.165, 1.54) is 0 Å². The van der Waals surface area contributed by atoms with E-state index >= 15 is 0 Å². The van der Waals surface area contributed by atoms with Crippen LogP contribution in [-0.4, -0.2) is 27.1 Å². The number of aromatic carboxylic acids is 2. The van der Waals surface area contributed by atoms with Gasteiger partial charge >= 0.3 is 11.9 Å². The van der Waals surface area contributed by atoms with Crippen molar-refractivity contribution in [2.75, 3.05) is 5.73 Å². The van der Waals surface area contributed by atoms with Crippen molar-refractivity contribution in [2.24, 2.45) is 0 Å². The van der Waals surface area contributed by atoms with Gasteiger partial charge in [-0.15, -0.1) is 0 Å². The van der Waals surface area contributed by atoms with Gasteiger partial charge in [0.2, 0.25) is 0 Å². The van der Waals surface area contributed by atoms with E-state index in [1.54, 1.807) is 48.5 Å². The molecule has 0 bridgehead atoms. The van der Waals surface area contributed by atoms with Crippen molar-refractivity contribution in [1.82, 2.24) is 4.98 Å². The van der Waals surface area contributed by atoms with E-state index in [0.29, 0.717) is 26.6 Å². The van der Waals surface area contributed by atoms with Crippen molar-refractivity contribution in [2.45, 2.75) is 0 Å². The molecule has 0 fully saturated rings. The zero-order valence-electron chi connectivity index (χ0n) is 14.7. The Morgan fingerprint density at radius 1 is 0.793 bits per heavy atom. The lowest BCUT2D eigenvalue weighted by Crippen LogP contribution is -2.24. The maximum absolute atomic E-state index is 12.5. The molecule has 29 heavy (non-hydrogen) atoms. The second-order valence-corrected chi connectivity index (χ2v) is 6.76. The van der Waals surface area contributed by atoms with Gasteiger partial charge in [-0.25, -0.2) is 9.59 Å². The Bertz CT molecular complexity index is 1350. The fourth-order valence-corrected chi connectivity index (χ4v) is 3.97. The predicted molar refractivity (Wildman–Crippen MR) is 111 cm³/mol. The molecule has 4 rings (SSSR count). The molecule has 0 radical (unpaired) electrons. The lowest BCUT2D eigenvalue weighted by molar-refractivity contribution is 0.0695. The third kappa shape index (κ3) is 2.71. The van der Waals surface area contributed by atoms with Gasteiger partial charge in [0, 0.05) is 16.3 Å². The molecule has 144 valence electrons. The van der Waals surface area contributed by atoms with Crippen LogP contribution in [0, 0.1) is 0 Å². The number of aromatic amines is 1. The number of halogens is 1. The number of anilines is 1. The highest BCUT2D eigenvalue weighted by atomic mass is 35.5. The molecular formula is C21H13ClN2O5. The summed E-state index contributed by atoms with van der Waals surface area (Å²) >= 11 is 6.58. The molecule has 1 aromatic heterocycles. The normalized spacial score (nSPS) is 11.1. The number of hydrogen-bond acceptors (Lipinski definition) is 4. The van der Waals surface area contributed by atoms with Crippen LogP contribution in [0.1, 0.15) is 20.7 Å². The quantitative estimate of drug-likeness (QED) is 0.379. The van der Waals surface area contributed by atoms with E-state index in [1.807, 2.05) is 0 Å². The van der Waals surface area contributed by atoms with Crippen LogP contribution in [0.5, 0.6) is 0 Å². The first-order chi connectivity index (χ1) is 13.8. The Morgan fingerprint density at radius 2 is 1.24 bits per heavy atom. The van der Waals surface area contributed by atoms with Gasteiger partial charge in [0.25, 0.3) is 5.56 Å². The molecule has 0 spiro atoms. The van der Waals surface area contributed by atoms with Crippen molar-refractivity contribution in [1.29, 1.82) is 0 Å². The summed E-state index contributed by atoms with van der Waals surface area (Å²) in [6.07, 6.45) is 0. The summed E-state index contributed by atoms with van der Waals surface area (Å²) in [5.74, 6) is -3.45. The summed E-state index contributed by atoms with van der Waals surface area (Å²) in [5, 5.41) is 22.1. The number of hydrogen-bond donors (Lipinski definition) is 4. The molecule has 0 saturated heterocycles. The summed E-state index contributed by atoms with van der Waals surface area (Å²) < 4.78 is 0. The van der Waals surface area contributed by atoms with Crippen molar-refractivity contribution in [3.05, 3.63) is 75.0 Å². The Kier molecular flexibility index (Phi) is 4.24. The van der Waals surface area contributed by atoms with E-state index in [0.717, 1.165) is 0 Å². The number of H-pyrrole nitrogens is 1. The Hall–Kier alpha value is -3.84. The number of carboxylic acid groups (broad SMARTS) is 2. The molecule has 1 heterocycles. The number of nitrogens with two attached hydrogens (primary N) is 1. The van der Waals surface area contributed by atoms with Gasteiger partial charge in [0.1, 0.15) is 16.9 Å². The number of carboxylic acids is 2. The average molecular weight is 409 g/mol. The predicted octanol–water partition coefficient (Wildman–Crippen LogP) is 3.98. The first-order valence-corrected chi connectivity index (χ1v) is 8.82. The number of carbonyl (C=O) groups is 2. The van der Waals surface area contributed by atoms with E-state index in [4.69, 9.17) is 17.3 Å². The number of aromatic nitrogens is 1. The lowest BCUT2D eigenvalue weighted by Gasteiger charge is -2.18. The van der Waals surface area contributed by atoms with Crippen LogP contribution < -0.4 is 11.3 Å². The van der Waals surface area contributed by atoms with Gasteiger partial charge in [0.05, 0.1) is 5.02 Å². The van der Waals surface area contributed by atoms with Gasteiger partial charge in [-0.2, -0.15) is 0 Å². The van der Waals surface area contributed by atoms with Crippen LogP contribution in [0.4, 0.5) is 5.82 Å². The molecular weight excluding hydrogens is 396 g/mol. The fraction of sp³-hybridized carbons (Fsp3) is 0. The molecule has 0 amide bonds. The van der Waals surface area contributed by atoms with E-state index < -0.39 is 34.4 Å². The SMILES string of the molecule is Nc1[nH]c(=O)c(C(=O)O)c(-c2c3ccccc3c(Cl)c3ccccc23)c1C(=O)O. The summed E-state index contributed by atoms with van der Waals surface area (Å²) in [7, 11) is 0. The highest BCUT2D eigenvalue weighted by molar-refractivity contribution is 6.42. The Balaban J connectivity index is 2.40. The number of nitrogens with one attached hydrogen (secondary N) is 1. The molecule has 0 saturated carbocycles. The van der Waals surface area contributed by atoms with E-state index in [-0.39, 0.29) is 11.1 Å². The van der Waals surface area contributed by atoms with Crippen LogP contribution in [0.3, 0.4) is 0 Å². The highest BCUT2D eigenvalue weighted by Crippen LogP contribution is 2.43. The first-order valence-electron chi connectivity index (χ1n) is 8.44. The maximum Gasteiger partial charge on any atom is 0.342 e. The van der Waals surface area contributed by atoms with Crippen LogP contribution >= 0.6 is 11.6 Å². The monoisotopic (exact) mass is 408 g/mol. The number of nitrogen functional groups attached to an aromatic ring is 1. The summed E-state index contributed by atoms with van der Waals surface area (Å²) in [6, 6.07) is 13.8. The molecule has 0 atom stereocenters. The third-order valence-electron chi connectivity index (χ3n) is 4.79. The molecule has 4 aromatic rings. The second-order valence-electron chi connectivity index (χ2n) is 6.38. The van der Waals surface area contributed by atoms with Gasteiger partial charge in [-0.3, -0.25) is 4.79 Å². The molecule has 7 nitrogen and oxygen atoms in total. The van der Waals surface area contributed by atoms with E-state index in [2.05, 4.69) is 4.98 Å². The zero-order valence-corrected chi connectivity index (χ0v) is 15.4. The highest BCUT2D eigenvalue weighted by Gasteiger charge is 2.29. The summed E-state index contributed by atoms with van der Waals surface area (Å²) in [5.41, 5.74) is 3.64. The molecule has 0 aliphatic carbocycles. The molecule has 0 aliphatic rings. The number of benzene rings is 3. The third-order valence-corrected chi connectivity index (χ3v) is 5.20. The minimum atomic E-state index is -1.56. The van der Waals surface area contributed by atoms with Crippen LogP contribution in [0.25, 0.3) is 32.7 Å². The van der Waals surface area contributed by atoms with Crippen LogP contribution in [0.15, 0.2) is 53.3 Å². The largest absolute Gasteiger partial charge is 0.478 e. The minimum absolute atomic E-state index is 0.254.